The van der Waals surface area contributed by atoms with Crippen LogP contribution in [-0.4, -0.2) is 15.7 Å². The second kappa shape index (κ2) is 7.80. The predicted molar refractivity (Wildman–Crippen MR) is 109 cm³/mol. The Hall–Kier alpha value is -2.85. The molecule has 0 saturated heterocycles. The fourth-order valence-electron chi connectivity index (χ4n) is 3.14. The fraction of sp³-hybridized carbons (Fsp3) is 0.182. The number of benzene rings is 2. The zero-order chi connectivity index (χ0) is 19.4. The van der Waals surface area contributed by atoms with E-state index in [1.807, 2.05) is 74.5 Å². The van der Waals surface area contributed by atoms with E-state index in [1.54, 1.807) is 17.8 Å². The Morgan fingerprint density at radius 1 is 1.07 bits per heavy atom. The highest BCUT2D eigenvalue weighted by Crippen LogP contribution is 2.29. The first-order chi connectivity index (χ1) is 12.9. The molecule has 0 unspecified atom stereocenters. The van der Waals surface area contributed by atoms with Gasteiger partial charge in [0.05, 0.1) is 11.2 Å². The number of nitrogens with one attached hydrogen (secondary N) is 1. The van der Waals surface area contributed by atoms with Gasteiger partial charge in [0, 0.05) is 18.7 Å². The molecule has 1 heterocycles. The topological polar surface area (TPSA) is 46.9 Å². The SMILES string of the molecule is Cc1nn(C)c(Cl)c1/C=C/C(=O)NC(C)(c1ccccc1)c1ccccc1. The molecule has 0 bridgehead atoms. The predicted octanol–water partition coefficient (Wildman–Crippen LogP) is 4.48. The molecule has 3 aromatic rings. The molecule has 0 atom stereocenters. The van der Waals surface area contributed by atoms with E-state index in [9.17, 15) is 4.79 Å². The highest BCUT2D eigenvalue weighted by molar-refractivity contribution is 6.31. The van der Waals surface area contributed by atoms with Crippen molar-refractivity contribution in [3.05, 3.63) is 94.3 Å². The van der Waals surface area contributed by atoms with Gasteiger partial charge in [-0.2, -0.15) is 5.10 Å². The zero-order valence-electron chi connectivity index (χ0n) is 15.6. The maximum atomic E-state index is 12.7. The van der Waals surface area contributed by atoms with Crippen molar-refractivity contribution >= 4 is 23.6 Å². The Kier molecular flexibility index (Phi) is 5.47. The fourth-order valence-corrected chi connectivity index (χ4v) is 3.37. The Morgan fingerprint density at radius 2 is 1.59 bits per heavy atom. The van der Waals surface area contributed by atoms with E-state index in [1.165, 1.54) is 6.08 Å². The van der Waals surface area contributed by atoms with Gasteiger partial charge in [0.1, 0.15) is 5.15 Å². The zero-order valence-corrected chi connectivity index (χ0v) is 16.4. The van der Waals surface area contributed by atoms with Crippen LogP contribution in [0.5, 0.6) is 0 Å². The Bertz CT molecular complexity index is 922. The van der Waals surface area contributed by atoms with Crippen molar-refractivity contribution in [3.8, 4) is 0 Å². The summed E-state index contributed by atoms with van der Waals surface area (Å²) in [6.07, 6.45) is 3.20. The minimum absolute atomic E-state index is 0.204. The van der Waals surface area contributed by atoms with E-state index in [-0.39, 0.29) is 5.91 Å². The Balaban J connectivity index is 1.91. The second-order valence-electron chi connectivity index (χ2n) is 6.59. The van der Waals surface area contributed by atoms with Crippen LogP contribution < -0.4 is 5.32 Å². The third-order valence-electron chi connectivity index (χ3n) is 4.67. The number of aryl methyl sites for hydroxylation is 2. The number of amides is 1. The van der Waals surface area contributed by atoms with Crippen molar-refractivity contribution in [3.63, 3.8) is 0 Å². The highest BCUT2D eigenvalue weighted by atomic mass is 35.5. The van der Waals surface area contributed by atoms with Gasteiger partial charge in [-0.05, 0) is 31.1 Å². The molecule has 0 aliphatic heterocycles. The highest BCUT2D eigenvalue weighted by Gasteiger charge is 2.29. The third-order valence-corrected chi connectivity index (χ3v) is 5.12. The number of nitrogens with zero attached hydrogens (tertiary/aromatic N) is 2. The number of rotatable bonds is 5. The van der Waals surface area contributed by atoms with Crippen LogP contribution >= 0.6 is 11.6 Å². The largest absolute Gasteiger partial charge is 0.339 e. The van der Waals surface area contributed by atoms with Crippen LogP contribution in [0.1, 0.15) is 29.3 Å². The third kappa shape index (κ3) is 3.96. The van der Waals surface area contributed by atoms with Crippen molar-refractivity contribution in [2.24, 2.45) is 7.05 Å². The average molecular weight is 380 g/mol. The van der Waals surface area contributed by atoms with E-state index in [0.29, 0.717) is 5.15 Å². The first kappa shape index (κ1) is 18.9. The van der Waals surface area contributed by atoms with E-state index in [4.69, 9.17) is 11.6 Å². The van der Waals surface area contributed by atoms with Gasteiger partial charge in [-0.25, -0.2) is 0 Å². The quantitative estimate of drug-likeness (QED) is 0.664. The van der Waals surface area contributed by atoms with Gasteiger partial charge < -0.3 is 5.32 Å². The van der Waals surface area contributed by atoms with Gasteiger partial charge >= 0.3 is 0 Å². The summed E-state index contributed by atoms with van der Waals surface area (Å²) in [7, 11) is 1.77. The molecule has 0 spiro atoms. The maximum Gasteiger partial charge on any atom is 0.244 e. The molecule has 0 radical (unpaired) electrons. The number of hydrogen-bond donors (Lipinski definition) is 1. The molecule has 5 heteroatoms. The number of carbonyl (C=O) groups is 1. The monoisotopic (exact) mass is 379 g/mol. The summed E-state index contributed by atoms with van der Waals surface area (Å²) in [4.78, 5) is 12.7. The molecule has 1 N–H and O–H groups in total. The summed E-state index contributed by atoms with van der Waals surface area (Å²) in [5.74, 6) is -0.204. The normalized spacial score (nSPS) is 11.7. The van der Waals surface area contributed by atoms with Gasteiger partial charge in [0.2, 0.25) is 5.91 Å². The van der Waals surface area contributed by atoms with Crippen LogP contribution in [0.3, 0.4) is 0 Å². The number of carbonyl (C=O) groups excluding carboxylic acids is 1. The second-order valence-corrected chi connectivity index (χ2v) is 6.95. The van der Waals surface area contributed by atoms with Gasteiger partial charge in [-0.3, -0.25) is 9.48 Å². The maximum absolute atomic E-state index is 12.7. The van der Waals surface area contributed by atoms with Crippen molar-refractivity contribution in [2.75, 3.05) is 0 Å². The van der Waals surface area contributed by atoms with Crippen molar-refractivity contribution in [1.29, 1.82) is 0 Å². The van der Waals surface area contributed by atoms with Crippen LogP contribution in [0.15, 0.2) is 66.7 Å². The van der Waals surface area contributed by atoms with E-state index < -0.39 is 5.54 Å². The lowest BCUT2D eigenvalue weighted by molar-refractivity contribution is -0.117. The van der Waals surface area contributed by atoms with Crippen molar-refractivity contribution in [1.82, 2.24) is 15.1 Å². The first-order valence-electron chi connectivity index (χ1n) is 8.72. The number of hydrogen-bond acceptors (Lipinski definition) is 2. The molecule has 2 aromatic carbocycles. The molecule has 0 fully saturated rings. The van der Waals surface area contributed by atoms with Crippen LogP contribution in [0, 0.1) is 6.92 Å². The van der Waals surface area contributed by atoms with Gasteiger partial charge in [0.15, 0.2) is 0 Å². The van der Waals surface area contributed by atoms with Gasteiger partial charge in [-0.1, -0.05) is 72.3 Å². The van der Waals surface area contributed by atoms with Crippen LogP contribution in [0.2, 0.25) is 5.15 Å². The lowest BCUT2D eigenvalue weighted by Gasteiger charge is -2.31. The van der Waals surface area contributed by atoms with Crippen molar-refractivity contribution in [2.45, 2.75) is 19.4 Å². The minimum Gasteiger partial charge on any atom is -0.339 e. The van der Waals surface area contributed by atoms with Crippen LogP contribution in [-0.2, 0) is 17.4 Å². The molecule has 3 rings (SSSR count). The summed E-state index contributed by atoms with van der Waals surface area (Å²) in [5.41, 5.74) is 2.88. The molecule has 27 heavy (non-hydrogen) atoms. The molecule has 0 aliphatic carbocycles. The summed E-state index contributed by atoms with van der Waals surface area (Å²) in [6, 6.07) is 19.9. The van der Waals surface area contributed by atoms with E-state index in [0.717, 1.165) is 22.4 Å². The van der Waals surface area contributed by atoms with Crippen LogP contribution in [0.25, 0.3) is 6.08 Å². The molecule has 1 amide bonds. The standard InChI is InChI=1S/C22H22ClN3O/c1-16-19(21(23)26(3)25-16)14-15-20(27)24-22(2,17-10-6-4-7-11-17)18-12-8-5-9-13-18/h4-15H,1-3H3,(H,24,27)/b15-14+. The van der Waals surface area contributed by atoms with E-state index >= 15 is 0 Å². The number of halogens is 1. The molecular formula is C22H22ClN3O. The average Bonchev–Trinajstić information content (AvgIpc) is 2.93. The van der Waals surface area contributed by atoms with Gasteiger partial charge in [0.25, 0.3) is 0 Å². The minimum atomic E-state index is -0.655. The summed E-state index contributed by atoms with van der Waals surface area (Å²) < 4.78 is 1.59. The Morgan fingerprint density at radius 3 is 2.04 bits per heavy atom. The number of aromatic nitrogens is 2. The molecule has 0 aliphatic rings. The summed E-state index contributed by atoms with van der Waals surface area (Å²) >= 11 is 6.24. The van der Waals surface area contributed by atoms with Crippen molar-refractivity contribution < 1.29 is 4.79 Å². The molecule has 1 aromatic heterocycles. The summed E-state index contributed by atoms with van der Waals surface area (Å²) in [6.45, 7) is 3.87. The van der Waals surface area contributed by atoms with Gasteiger partial charge in [-0.15, -0.1) is 0 Å². The smallest absolute Gasteiger partial charge is 0.244 e. The lowest BCUT2D eigenvalue weighted by atomic mass is 9.84. The summed E-state index contributed by atoms with van der Waals surface area (Å²) in [5, 5.41) is 7.91. The molecule has 4 nitrogen and oxygen atoms in total. The molecule has 0 saturated carbocycles. The molecular weight excluding hydrogens is 358 g/mol. The lowest BCUT2D eigenvalue weighted by Crippen LogP contribution is -2.43. The van der Waals surface area contributed by atoms with E-state index in [2.05, 4.69) is 10.4 Å². The van der Waals surface area contributed by atoms with Crippen LogP contribution in [0.4, 0.5) is 0 Å². The molecule has 138 valence electrons. The Labute approximate surface area is 164 Å². The first-order valence-corrected chi connectivity index (χ1v) is 9.10.